The summed E-state index contributed by atoms with van der Waals surface area (Å²) < 4.78 is 21.7. The maximum absolute atomic E-state index is 11.7. The molecule has 0 aliphatic heterocycles. The van der Waals surface area contributed by atoms with Crippen molar-refractivity contribution in [1.82, 2.24) is 0 Å². The van der Waals surface area contributed by atoms with Gasteiger partial charge in [-0.05, 0) is 12.1 Å². The highest BCUT2D eigenvalue weighted by Gasteiger charge is 2.20. The average Bonchev–Trinajstić information content (AvgIpc) is 2.19. The Morgan fingerprint density at radius 2 is 1.92 bits per heavy atom. The second kappa shape index (κ2) is 4.45. The molecule has 0 heterocycles. The Morgan fingerprint density at radius 1 is 1.31 bits per heavy atom. The number of rotatable bonds is 4. The predicted octanol–water partition coefficient (Wildman–Crippen LogP) is 2.92. The minimum absolute atomic E-state index is 0.373. The molecule has 0 aromatic heterocycles. The van der Waals surface area contributed by atoms with Crippen molar-refractivity contribution in [3.63, 3.8) is 0 Å². The van der Waals surface area contributed by atoms with Gasteiger partial charge in [-0.1, -0.05) is 25.1 Å². The van der Waals surface area contributed by atoms with Gasteiger partial charge in [0.15, 0.2) is 0 Å². The molecule has 0 unspecified atom stereocenters. The van der Waals surface area contributed by atoms with Crippen LogP contribution in [-0.2, 0) is 9.09 Å². The molecule has 1 atom stereocenters. The van der Waals surface area contributed by atoms with Crippen LogP contribution in [0.1, 0.15) is 6.92 Å². The third-order valence-electron chi connectivity index (χ3n) is 1.65. The van der Waals surface area contributed by atoms with Crippen LogP contribution >= 0.6 is 7.60 Å². The first kappa shape index (κ1) is 10.3. The summed E-state index contributed by atoms with van der Waals surface area (Å²) in [6, 6.07) is 9.02. The van der Waals surface area contributed by atoms with Crippen LogP contribution in [0.25, 0.3) is 0 Å². The SMILES string of the molecule is CC[P@](=O)(OC)Oc1ccccc1. The minimum atomic E-state index is -2.90. The maximum Gasteiger partial charge on any atom is 0.378 e. The topological polar surface area (TPSA) is 35.5 Å². The fourth-order valence-electron chi connectivity index (χ4n) is 0.873. The van der Waals surface area contributed by atoms with Crippen LogP contribution in [0.4, 0.5) is 0 Å². The fraction of sp³-hybridized carbons (Fsp3) is 0.333. The first-order valence-electron chi connectivity index (χ1n) is 4.09. The van der Waals surface area contributed by atoms with Crippen LogP contribution in [0, 0.1) is 0 Å². The van der Waals surface area contributed by atoms with E-state index in [0.29, 0.717) is 11.9 Å². The van der Waals surface area contributed by atoms with Crippen LogP contribution < -0.4 is 4.52 Å². The Labute approximate surface area is 78.2 Å². The first-order chi connectivity index (χ1) is 6.20. The molecule has 0 bridgehead atoms. The lowest BCUT2D eigenvalue weighted by molar-refractivity contribution is 0.323. The summed E-state index contributed by atoms with van der Waals surface area (Å²) in [4.78, 5) is 0. The molecule has 3 nitrogen and oxygen atoms in total. The molecule has 1 rings (SSSR count). The van der Waals surface area contributed by atoms with Crippen LogP contribution in [0.3, 0.4) is 0 Å². The highest BCUT2D eigenvalue weighted by atomic mass is 31.2. The second-order valence-corrected chi connectivity index (χ2v) is 4.92. The summed E-state index contributed by atoms with van der Waals surface area (Å²) >= 11 is 0. The van der Waals surface area contributed by atoms with Gasteiger partial charge in [0.2, 0.25) is 0 Å². The Kier molecular flexibility index (Phi) is 3.52. The number of hydrogen-bond acceptors (Lipinski definition) is 3. The minimum Gasteiger partial charge on any atom is -0.424 e. The molecule has 0 amide bonds. The van der Waals surface area contributed by atoms with E-state index in [9.17, 15) is 4.57 Å². The highest BCUT2D eigenvalue weighted by molar-refractivity contribution is 7.54. The number of hydrogen-bond donors (Lipinski definition) is 0. The van der Waals surface area contributed by atoms with Crippen molar-refractivity contribution < 1.29 is 13.6 Å². The van der Waals surface area contributed by atoms with Gasteiger partial charge in [0.1, 0.15) is 5.75 Å². The molecule has 0 saturated heterocycles. The summed E-state index contributed by atoms with van der Waals surface area (Å²) in [7, 11) is -1.51. The van der Waals surface area contributed by atoms with Crippen LogP contribution in [0.2, 0.25) is 0 Å². The Morgan fingerprint density at radius 3 is 2.38 bits per heavy atom. The zero-order valence-electron chi connectivity index (χ0n) is 7.77. The van der Waals surface area contributed by atoms with Crippen LogP contribution in [0.5, 0.6) is 5.75 Å². The molecular formula is C9H13O3P. The number of benzene rings is 1. The molecule has 13 heavy (non-hydrogen) atoms. The highest BCUT2D eigenvalue weighted by Crippen LogP contribution is 2.46. The predicted molar refractivity (Wildman–Crippen MR) is 52.2 cm³/mol. The van der Waals surface area contributed by atoms with E-state index < -0.39 is 7.60 Å². The van der Waals surface area contributed by atoms with E-state index in [1.807, 2.05) is 18.2 Å². The first-order valence-corrected chi connectivity index (χ1v) is 5.82. The molecule has 72 valence electrons. The normalized spacial score (nSPS) is 14.9. The fourth-order valence-corrected chi connectivity index (χ4v) is 1.78. The van der Waals surface area contributed by atoms with Crippen LogP contribution in [-0.4, -0.2) is 13.3 Å². The van der Waals surface area contributed by atoms with Gasteiger partial charge in [-0.2, -0.15) is 0 Å². The summed E-state index contributed by atoms with van der Waals surface area (Å²) in [6.07, 6.45) is 0.373. The van der Waals surface area contributed by atoms with Crippen LogP contribution in [0.15, 0.2) is 30.3 Å². The monoisotopic (exact) mass is 200 g/mol. The molecule has 0 saturated carbocycles. The van der Waals surface area contributed by atoms with Gasteiger partial charge in [-0.25, -0.2) is 4.57 Å². The molecule has 0 fully saturated rings. The van der Waals surface area contributed by atoms with E-state index in [1.165, 1.54) is 7.11 Å². The van der Waals surface area contributed by atoms with E-state index in [2.05, 4.69) is 0 Å². The summed E-state index contributed by atoms with van der Waals surface area (Å²) in [6.45, 7) is 1.77. The summed E-state index contributed by atoms with van der Waals surface area (Å²) in [5.74, 6) is 0.578. The van der Waals surface area contributed by atoms with E-state index in [0.717, 1.165) is 0 Å². The van der Waals surface area contributed by atoms with E-state index in [-0.39, 0.29) is 0 Å². The molecular weight excluding hydrogens is 187 g/mol. The maximum atomic E-state index is 11.7. The number of para-hydroxylation sites is 1. The lowest BCUT2D eigenvalue weighted by Crippen LogP contribution is -1.97. The molecule has 1 aromatic carbocycles. The van der Waals surface area contributed by atoms with Crippen molar-refractivity contribution >= 4 is 7.60 Å². The molecule has 0 radical (unpaired) electrons. The zero-order chi connectivity index (χ0) is 9.73. The van der Waals surface area contributed by atoms with Gasteiger partial charge in [0, 0.05) is 7.11 Å². The van der Waals surface area contributed by atoms with Gasteiger partial charge in [-0.3, -0.25) is 0 Å². The van der Waals surface area contributed by atoms with Gasteiger partial charge in [-0.15, -0.1) is 0 Å². The Hall–Kier alpha value is -0.790. The quantitative estimate of drug-likeness (QED) is 0.701. The Balaban J connectivity index is 2.74. The van der Waals surface area contributed by atoms with E-state index >= 15 is 0 Å². The van der Waals surface area contributed by atoms with E-state index in [4.69, 9.17) is 9.05 Å². The van der Waals surface area contributed by atoms with Crippen molar-refractivity contribution in [3.05, 3.63) is 30.3 Å². The van der Waals surface area contributed by atoms with Crippen molar-refractivity contribution in [3.8, 4) is 5.75 Å². The molecule has 0 spiro atoms. The van der Waals surface area contributed by atoms with Crippen molar-refractivity contribution in [2.24, 2.45) is 0 Å². The van der Waals surface area contributed by atoms with Crippen molar-refractivity contribution in [2.45, 2.75) is 6.92 Å². The standard InChI is InChI=1S/C9H13O3P/c1-3-13(10,11-2)12-9-7-5-4-6-8-9/h4-8H,3H2,1-2H3/t13-/m0/s1. The summed E-state index contributed by atoms with van der Waals surface area (Å²) in [5.41, 5.74) is 0. The van der Waals surface area contributed by atoms with Gasteiger partial charge in [0.25, 0.3) is 0 Å². The van der Waals surface area contributed by atoms with Gasteiger partial charge in [0.05, 0.1) is 6.16 Å². The average molecular weight is 200 g/mol. The zero-order valence-corrected chi connectivity index (χ0v) is 8.66. The largest absolute Gasteiger partial charge is 0.424 e. The van der Waals surface area contributed by atoms with Gasteiger partial charge < -0.3 is 9.05 Å². The lowest BCUT2D eigenvalue weighted by atomic mass is 10.3. The molecule has 0 aliphatic rings. The smallest absolute Gasteiger partial charge is 0.378 e. The molecule has 1 aromatic rings. The van der Waals surface area contributed by atoms with Gasteiger partial charge >= 0.3 is 7.60 Å². The van der Waals surface area contributed by atoms with Crippen molar-refractivity contribution in [2.75, 3.05) is 13.3 Å². The third kappa shape index (κ3) is 2.87. The lowest BCUT2D eigenvalue weighted by Gasteiger charge is -2.14. The molecule has 4 heteroatoms. The Bertz CT molecular complexity index is 289. The molecule has 0 aliphatic carbocycles. The second-order valence-electron chi connectivity index (χ2n) is 2.51. The third-order valence-corrected chi connectivity index (χ3v) is 3.47. The van der Waals surface area contributed by atoms with Crippen molar-refractivity contribution in [1.29, 1.82) is 0 Å². The van der Waals surface area contributed by atoms with E-state index in [1.54, 1.807) is 19.1 Å². The summed E-state index contributed by atoms with van der Waals surface area (Å²) in [5, 5.41) is 0. The molecule has 0 N–H and O–H groups in total.